The summed E-state index contributed by atoms with van der Waals surface area (Å²) in [6.45, 7) is 8.18. The Kier molecular flexibility index (Phi) is 13.2. The molecule has 0 aromatic heterocycles. The van der Waals surface area contributed by atoms with Gasteiger partial charge in [-0.05, 0) is 11.1 Å². The first-order valence-electron chi connectivity index (χ1n) is 6.28. The average molecular weight is 292 g/mol. The molecule has 0 atom stereocenters. The van der Waals surface area contributed by atoms with Gasteiger partial charge in [-0.25, -0.2) is 0 Å². The average Bonchev–Trinajstić information content (AvgIpc) is 2.50. The van der Waals surface area contributed by atoms with E-state index in [9.17, 15) is 0 Å². The van der Waals surface area contributed by atoms with Crippen molar-refractivity contribution in [3.05, 3.63) is 86.0 Å². The molecule has 0 heterocycles. The van der Waals surface area contributed by atoms with Gasteiger partial charge in [0.15, 0.2) is 0 Å². The zero-order chi connectivity index (χ0) is 13.8. The fourth-order valence-corrected chi connectivity index (χ4v) is 1.50. The number of benzene rings is 2. The van der Waals surface area contributed by atoms with Gasteiger partial charge in [0.05, 0.1) is 13.2 Å². The van der Waals surface area contributed by atoms with E-state index in [2.05, 4.69) is 61.7 Å². The molecule has 0 saturated carbocycles. The molecule has 0 aliphatic carbocycles. The van der Waals surface area contributed by atoms with Gasteiger partial charge < -0.3 is 4.74 Å². The third kappa shape index (κ3) is 8.64. The maximum Gasteiger partial charge on any atom is -0.0184 e. The van der Waals surface area contributed by atoms with Crippen LogP contribution in [-0.2, 0) is 4.74 Å². The minimum Gasteiger partial charge on any atom is -0.0622 e. The van der Waals surface area contributed by atoms with Crippen molar-refractivity contribution in [1.82, 2.24) is 0 Å². The molecule has 1 nitrogen and oxygen atoms in total. The summed E-state index contributed by atoms with van der Waals surface area (Å²) in [5, 5.41) is 0. The van der Waals surface area contributed by atoms with Crippen molar-refractivity contribution < 1.29 is 4.74 Å². The summed E-state index contributed by atoms with van der Waals surface area (Å²) in [6, 6.07) is 20.8. The van der Waals surface area contributed by atoms with Crippen LogP contribution in [0.1, 0.15) is 0 Å². The first-order valence-corrected chi connectivity index (χ1v) is 6.28. The van der Waals surface area contributed by atoms with Gasteiger partial charge in [-0.1, -0.05) is 72.8 Å². The van der Waals surface area contributed by atoms with Crippen molar-refractivity contribution in [2.24, 2.45) is 0 Å². The van der Waals surface area contributed by atoms with E-state index in [0.29, 0.717) is 13.2 Å². The molecule has 0 aliphatic heterocycles. The Labute approximate surface area is 164 Å². The molecule has 0 bridgehead atoms. The van der Waals surface area contributed by atoms with E-state index in [1.165, 1.54) is 11.1 Å². The van der Waals surface area contributed by atoms with Crippen LogP contribution in [0.3, 0.4) is 0 Å². The maximum absolute atomic E-state index is 4.90. The zero-order valence-electron chi connectivity index (χ0n) is 11.2. The fourth-order valence-electron chi connectivity index (χ4n) is 1.50. The molecule has 0 unspecified atom stereocenters. The summed E-state index contributed by atoms with van der Waals surface area (Å²) in [5.41, 5.74) is 2.55. The van der Waals surface area contributed by atoms with Crippen LogP contribution in [0.15, 0.2) is 86.0 Å². The Hall–Kier alpha value is -0.484. The van der Waals surface area contributed by atoms with Gasteiger partial charge in [0.1, 0.15) is 0 Å². The number of hydrogen-bond donors (Lipinski definition) is 0. The first kappa shape index (κ1) is 19.5. The molecule has 2 aromatic rings. The normalized spacial score (nSPS) is 8.60. The molecular formula is C18H21KO. The van der Waals surface area contributed by atoms with Gasteiger partial charge in [0.25, 0.3) is 0 Å². The van der Waals surface area contributed by atoms with Gasteiger partial charge >= 0.3 is 51.4 Å². The molecule has 20 heavy (non-hydrogen) atoms. The monoisotopic (exact) mass is 292 g/mol. The molecule has 0 radical (unpaired) electrons. The van der Waals surface area contributed by atoms with Crippen molar-refractivity contribution in [3.8, 4) is 11.1 Å². The molecule has 0 saturated heterocycles. The summed E-state index contributed by atoms with van der Waals surface area (Å²) < 4.78 is 4.90. The summed E-state index contributed by atoms with van der Waals surface area (Å²) >= 11 is 0. The minimum atomic E-state index is 0. The second-order valence-electron chi connectivity index (χ2n) is 3.85. The quantitative estimate of drug-likeness (QED) is 0.458. The van der Waals surface area contributed by atoms with E-state index in [-0.39, 0.29) is 51.4 Å². The maximum atomic E-state index is 4.90. The van der Waals surface area contributed by atoms with Crippen LogP contribution in [0.2, 0.25) is 0 Å². The van der Waals surface area contributed by atoms with Crippen LogP contribution < -0.4 is 0 Å². The topological polar surface area (TPSA) is 9.23 Å². The van der Waals surface area contributed by atoms with Crippen LogP contribution in [0.4, 0.5) is 0 Å². The van der Waals surface area contributed by atoms with E-state index < -0.39 is 0 Å². The summed E-state index contributed by atoms with van der Waals surface area (Å²) in [4.78, 5) is 0. The van der Waals surface area contributed by atoms with E-state index in [1.807, 2.05) is 12.1 Å². The largest absolute Gasteiger partial charge is 0.0622 e. The minimum absolute atomic E-state index is 0. The number of ether oxygens (including phenoxy) is 1. The summed E-state index contributed by atoms with van der Waals surface area (Å²) in [5.74, 6) is 0. The van der Waals surface area contributed by atoms with E-state index in [0.717, 1.165) is 0 Å². The SMILES string of the molecule is C=CCOCC=C.[KH].c1ccc(-c2ccccc2)cc1. The third-order valence-corrected chi connectivity index (χ3v) is 2.35. The van der Waals surface area contributed by atoms with Crippen LogP contribution in [0.5, 0.6) is 0 Å². The van der Waals surface area contributed by atoms with Crippen molar-refractivity contribution in [3.63, 3.8) is 0 Å². The van der Waals surface area contributed by atoms with Crippen molar-refractivity contribution in [1.29, 1.82) is 0 Å². The molecule has 0 fully saturated rings. The summed E-state index contributed by atoms with van der Waals surface area (Å²) in [7, 11) is 0. The molecular weight excluding hydrogens is 271 g/mol. The fraction of sp³-hybridized carbons (Fsp3) is 0.111. The van der Waals surface area contributed by atoms with Crippen molar-refractivity contribution >= 4 is 51.4 Å². The van der Waals surface area contributed by atoms with Gasteiger partial charge in [-0.15, -0.1) is 13.2 Å². The molecule has 0 spiro atoms. The van der Waals surface area contributed by atoms with Crippen LogP contribution in [0, 0.1) is 0 Å². The third-order valence-electron chi connectivity index (χ3n) is 2.35. The predicted octanol–water partition coefficient (Wildman–Crippen LogP) is 4.08. The van der Waals surface area contributed by atoms with Gasteiger partial charge in [-0.3, -0.25) is 0 Å². The second-order valence-corrected chi connectivity index (χ2v) is 3.85. The standard InChI is InChI=1S/C12H10.C6H10O.K.H/c1-3-7-11(8-4-1)12-9-5-2-6-10-12;1-3-5-7-6-4-2;;/h1-10H;3-4H,1-2,5-6H2;;. The Morgan fingerprint density at radius 1 is 0.700 bits per heavy atom. The van der Waals surface area contributed by atoms with Crippen molar-refractivity contribution in [2.75, 3.05) is 13.2 Å². The van der Waals surface area contributed by atoms with E-state index >= 15 is 0 Å². The molecule has 2 heteroatoms. The molecule has 0 N–H and O–H groups in total. The molecule has 0 amide bonds. The van der Waals surface area contributed by atoms with E-state index in [4.69, 9.17) is 4.74 Å². The summed E-state index contributed by atoms with van der Waals surface area (Å²) in [6.07, 6.45) is 3.42. The molecule has 2 aromatic carbocycles. The van der Waals surface area contributed by atoms with E-state index in [1.54, 1.807) is 12.2 Å². The Morgan fingerprint density at radius 3 is 1.35 bits per heavy atom. The first-order chi connectivity index (χ1) is 9.38. The number of rotatable bonds is 5. The molecule has 100 valence electrons. The van der Waals surface area contributed by atoms with Crippen LogP contribution in [0.25, 0.3) is 11.1 Å². The van der Waals surface area contributed by atoms with Crippen LogP contribution >= 0.6 is 0 Å². The predicted molar refractivity (Wildman–Crippen MR) is 90.2 cm³/mol. The second kappa shape index (κ2) is 13.5. The van der Waals surface area contributed by atoms with Crippen LogP contribution in [-0.4, -0.2) is 64.6 Å². The van der Waals surface area contributed by atoms with Gasteiger partial charge in [0.2, 0.25) is 0 Å². The van der Waals surface area contributed by atoms with Crippen molar-refractivity contribution in [2.45, 2.75) is 0 Å². The van der Waals surface area contributed by atoms with Gasteiger partial charge in [-0.2, -0.15) is 0 Å². The van der Waals surface area contributed by atoms with Gasteiger partial charge in [0, 0.05) is 0 Å². The zero-order valence-corrected chi connectivity index (χ0v) is 11.2. The Bertz CT molecular complexity index is 420. The Balaban J connectivity index is 0.000000396. The Morgan fingerprint density at radius 2 is 1.05 bits per heavy atom. The number of hydrogen-bond acceptors (Lipinski definition) is 1. The smallest absolute Gasteiger partial charge is 0.0184 e. The molecule has 0 aliphatic rings. The molecule has 2 rings (SSSR count).